The van der Waals surface area contributed by atoms with E-state index < -0.39 is 5.97 Å². The smallest absolute Gasteiger partial charge is 0.325 e. The number of carbonyl (C=O) groups is 2. The molecule has 104 valence electrons. The van der Waals surface area contributed by atoms with Crippen LogP contribution in [0.15, 0.2) is 6.20 Å². The van der Waals surface area contributed by atoms with Gasteiger partial charge >= 0.3 is 5.97 Å². The topological polar surface area (TPSA) is 106 Å². The molecule has 2 atom stereocenters. The minimum atomic E-state index is -1.03. The van der Waals surface area contributed by atoms with Gasteiger partial charge in [-0.3, -0.25) is 9.59 Å². The predicted molar refractivity (Wildman–Crippen MR) is 63.5 cm³/mol. The summed E-state index contributed by atoms with van der Waals surface area (Å²) >= 11 is 0. The second-order valence-corrected chi connectivity index (χ2v) is 4.62. The quantitative estimate of drug-likeness (QED) is 0.763. The molecule has 1 fully saturated rings. The van der Waals surface area contributed by atoms with Crippen molar-refractivity contribution < 1.29 is 19.4 Å². The molecule has 8 heteroatoms. The second-order valence-electron chi connectivity index (χ2n) is 4.62. The summed E-state index contributed by atoms with van der Waals surface area (Å²) in [7, 11) is 0. The summed E-state index contributed by atoms with van der Waals surface area (Å²) in [5.74, 6) is -1.13. The summed E-state index contributed by atoms with van der Waals surface area (Å²) < 4.78 is 6.41. The number of hydrogen-bond donors (Lipinski definition) is 2. The maximum atomic E-state index is 11.9. The minimum Gasteiger partial charge on any atom is -0.480 e. The first kappa shape index (κ1) is 13.5. The molecule has 2 heterocycles. The lowest BCUT2D eigenvalue weighted by molar-refractivity contribution is -0.137. The SMILES string of the molecule is CC1COCCC1NC(=O)c1cn(CC(=O)O)nn1. The Morgan fingerprint density at radius 2 is 2.42 bits per heavy atom. The molecule has 0 aromatic carbocycles. The van der Waals surface area contributed by atoms with E-state index in [1.54, 1.807) is 0 Å². The number of amides is 1. The lowest BCUT2D eigenvalue weighted by atomic mass is 9.98. The van der Waals surface area contributed by atoms with Crippen molar-refractivity contribution in [2.45, 2.75) is 25.9 Å². The van der Waals surface area contributed by atoms with Gasteiger partial charge in [-0.1, -0.05) is 12.1 Å². The number of rotatable bonds is 4. The molecule has 2 N–H and O–H groups in total. The lowest BCUT2D eigenvalue weighted by Crippen LogP contribution is -2.44. The van der Waals surface area contributed by atoms with Gasteiger partial charge in [0.2, 0.25) is 0 Å². The highest BCUT2D eigenvalue weighted by Crippen LogP contribution is 2.14. The molecule has 19 heavy (non-hydrogen) atoms. The van der Waals surface area contributed by atoms with Crippen LogP contribution >= 0.6 is 0 Å². The number of nitrogens with one attached hydrogen (secondary N) is 1. The summed E-state index contributed by atoms with van der Waals surface area (Å²) in [5, 5.41) is 18.7. The lowest BCUT2D eigenvalue weighted by Gasteiger charge is -2.29. The zero-order valence-corrected chi connectivity index (χ0v) is 10.6. The van der Waals surface area contributed by atoms with Crippen LogP contribution in [0.3, 0.4) is 0 Å². The highest BCUT2D eigenvalue weighted by Gasteiger charge is 2.24. The summed E-state index contributed by atoms with van der Waals surface area (Å²) in [4.78, 5) is 22.4. The molecule has 1 aromatic heterocycles. The Morgan fingerprint density at radius 1 is 1.63 bits per heavy atom. The van der Waals surface area contributed by atoms with Gasteiger partial charge in [0.15, 0.2) is 5.69 Å². The third-order valence-corrected chi connectivity index (χ3v) is 3.03. The Bertz CT molecular complexity index is 473. The molecule has 0 radical (unpaired) electrons. The van der Waals surface area contributed by atoms with Crippen LogP contribution in [0.5, 0.6) is 0 Å². The van der Waals surface area contributed by atoms with Crippen LogP contribution in [-0.2, 0) is 16.1 Å². The zero-order valence-electron chi connectivity index (χ0n) is 10.6. The van der Waals surface area contributed by atoms with Crippen LogP contribution in [-0.4, -0.2) is 51.2 Å². The minimum absolute atomic E-state index is 0.0471. The van der Waals surface area contributed by atoms with Crippen LogP contribution in [0, 0.1) is 5.92 Å². The average Bonchev–Trinajstić information content (AvgIpc) is 2.79. The van der Waals surface area contributed by atoms with Gasteiger partial charge in [-0.25, -0.2) is 4.68 Å². The van der Waals surface area contributed by atoms with Crippen molar-refractivity contribution in [3.8, 4) is 0 Å². The van der Waals surface area contributed by atoms with Gasteiger partial charge in [-0.2, -0.15) is 0 Å². The van der Waals surface area contributed by atoms with E-state index >= 15 is 0 Å². The van der Waals surface area contributed by atoms with Gasteiger partial charge < -0.3 is 15.2 Å². The summed E-state index contributed by atoms with van der Waals surface area (Å²) in [6, 6.07) is 0.0471. The third-order valence-electron chi connectivity index (χ3n) is 3.03. The van der Waals surface area contributed by atoms with Crippen LogP contribution < -0.4 is 5.32 Å². The third kappa shape index (κ3) is 3.50. The summed E-state index contributed by atoms with van der Waals surface area (Å²) in [5.41, 5.74) is 0.125. The number of ether oxygens (including phenoxy) is 1. The highest BCUT2D eigenvalue weighted by molar-refractivity contribution is 5.92. The standard InChI is InChI=1S/C11H16N4O4/c1-7-6-19-3-2-8(7)12-11(18)9-4-15(14-13-9)5-10(16)17/h4,7-8H,2-3,5-6H2,1H3,(H,12,18)(H,16,17). The number of hydrogen-bond acceptors (Lipinski definition) is 5. The number of aliphatic carboxylic acids is 1. The normalized spacial score (nSPS) is 23.0. The average molecular weight is 268 g/mol. The molecule has 1 aliphatic rings. The Morgan fingerprint density at radius 3 is 3.11 bits per heavy atom. The van der Waals surface area contributed by atoms with Crippen molar-refractivity contribution in [3.05, 3.63) is 11.9 Å². The highest BCUT2D eigenvalue weighted by atomic mass is 16.5. The maximum Gasteiger partial charge on any atom is 0.325 e. The second kappa shape index (κ2) is 5.79. The number of nitrogens with zero attached hydrogens (tertiary/aromatic N) is 3. The van der Waals surface area contributed by atoms with Gasteiger partial charge in [0.25, 0.3) is 5.91 Å². The van der Waals surface area contributed by atoms with Gasteiger partial charge in [0, 0.05) is 12.6 Å². The van der Waals surface area contributed by atoms with E-state index in [0.29, 0.717) is 13.2 Å². The molecule has 1 aliphatic heterocycles. The first-order valence-electron chi connectivity index (χ1n) is 6.07. The number of aromatic nitrogens is 3. The molecular formula is C11H16N4O4. The molecule has 1 amide bonds. The van der Waals surface area contributed by atoms with Crippen molar-refractivity contribution in [2.75, 3.05) is 13.2 Å². The number of carbonyl (C=O) groups excluding carboxylic acids is 1. The van der Waals surface area contributed by atoms with E-state index in [2.05, 4.69) is 15.6 Å². The number of carboxylic acid groups (broad SMARTS) is 1. The van der Waals surface area contributed by atoms with E-state index in [4.69, 9.17) is 9.84 Å². The Labute approximate surface area is 109 Å². The van der Waals surface area contributed by atoms with Crippen LogP contribution in [0.4, 0.5) is 0 Å². The molecule has 2 unspecified atom stereocenters. The van der Waals surface area contributed by atoms with Crippen molar-refractivity contribution in [3.63, 3.8) is 0 Å². The number of carboxylic acids is 1. The van der Waals surface area contributed by atoms with Crippen molar-refractivity contribution in [2.24, 2.45) is 5.92 Å². The van der Waals surface area contributed by atoms with E-state index in [1.807, 2.05) is 6.92 Å². The molecule has 0 aliphatic carbocycles. The molecular weight excluding hydrogens is 252 g/mol. The largest absolute Gasteiger partial charge is 0.480 e. The van der Waals surface area contributed by atoms with E-state index in [1.165, 1.54) is 6.20 Å². The molecule has 1 aromatic rings. The summed E-state index contributed by atoms with van der Waals surface area (Å²) in [6.07, 6.45) is 2.09. The fourth-order valence-electron chi connectivity index (χ4n) is 1.96. The molecule has 8 nitrogen and oxygen atoms in total. The fourth-order valence-corrected chi connectivity index (χ4v) is 1.96. The molecule has 0 spiro atoms. The van der Waals surface area contributed by atoms with Gasteiger partial charge in [-0.05, 0) is 12.3 Å². The molecule has 0 bridgehead atoms. The molecule has 0 saturated carbocycles. The summed E-state index contributed by atoms with van der Waals surface area (Å²) in [6.45, 7) is 2.94. The van der Waals surface area contributed by atoms with Gasteiger partial charge in [0.1, 0.15) is 6.54 Å². The van der Waals surface area contributed by atoms with E-state index in [-0.39, 0.29) is 30.1 Å². The predicted octanol–water partition coefficient (Wildman–Crippen LogP) is -0.482. The van der Waals surface area contributed by atoms with Crippen LogP contribution in [0.1, 0.15) is 23.8 Å². The monoisotopic (exact) mass is 268 g/mol. The van der Waals surface area contributed by atoms with E-state index in [0.717, 1.165) is 11.1 Å². The maximum absolute atomic E-state index is 11.9. The van der Waals surface area contributed by atoms with E-state index in [9.17, 15) is 9.59 Å². The van der Waals surface area contributed by atoms with Crippen molar-refractivity contribution in [1.29, 1.82) is 0 Å². The Hall–Kier alpha value is -1.96. The van der Waals surface area contributed by atoms with Crippen molar-refractivity contribution in [1.82, 2.24) is 20.3 Å². The first-order chi connectivity index (χ1) is 9.06. The zero-order chi connectivity index (χ0) is 13.8. The van der Waals surface area contributed by atoms with Crippen LogP contribution in [0.2, 0.25) is 0 Å². The Balaban J connectivity index is 1.95. The van der Waals surface area contributed by atoms with Crippen molar-refractivity contribution >= 4 is 11.9 Å². The van der Waals surface area contributed by atoms with Gasteiger partial charge in [0.05, 0.1) is 12.8 Å². The molecule has 1 saturated heterocycles. The first-order valence-corrected chi connectivity index (χ1v) is 6.07. The van der Waals surface area contributed by atoms with Crippen LogP contribution in [0.25, 0.3) is 0 Å². The fraction of sp³-hybridized carbons (Fsp3) is 0.636. The Kier molecular flexibility index (Phi) is 4.10. The van der Waals surface area contributed by atoms with Gasteiger partial charge in [-0.15, -0.1) is 5.10 Å². The molecule has 2 rings (SSSR count).